The van der Waals surface area contributed by atoms with E-state index in [1.54, 1.807) is 18.2 Å². The van der Waals surface area contributed by atoms with Gasteiger partial charge in [0, 0.05) is 28.8 Å². The molecular formula is C17H14N2O6. The molecule has 8 heteroatoms. The molecule has 2 aromatic carbocycles. The molecule has 0 fully saturated rings. The molecule has 0 unspecified atom stereocenters. The van der Waals surface area contributed by atoms with Crippen LogP contribution in [0.25, 0.3) is 0 Å². The zero-order chi connectivity index (χ0) is 18.2. The lowest BCUT2D eigenvalue weighted by Crippen LogP contribution is -2.47. The molecule has 3 rings (SSSR count). The van der Waals surface area contributed by atoms with Crippen molar-refractivity contribution in [1.82, 2.24) is 4.90 Å². The second-order valence-corrected chi connectivity index (χ2v) is 5.49. The van der Waals surface area contributed by atoms with Crippen LogP contribution >= 0.6 is 0 Å². The van der Waals surface area contributed by atoms with Gasteiger partial charge in [-0.25, -0.2) is 0 Å². The maximum Gasteiger partial charge on any atom is 0.325 e. The Bertz CT molecular complexity index is 881. The Morgan fingerprint density at radius 1 is 1.28 bits per heavy atom. The van der Waals surface area contributed by atoms with Crippen LogP contribution in [0.5, 0.6) is 0 Å². The van der Waals surface area contributed by atoms with Crippen LogP contribution in [0.2, 0.25) is 0 Å². The average molecular weight is 342 g/mol. The summed E-state index contributed by atoms with van der Waals surface area (Å²) in [6.07, 6.45) is 0. The number of nitro groups is 1. The molecule has 0 aliphatic carbocycles. The number of benzene rings is 2. The first kappa shape index (κ1) is 16.6. The van der Waals surface area contributed by atoms with Gasteiger partial charge in [-0.15, -0.1) is 0 Å². The van der Waals surface area contributed by atoms with Gasteiger partial charge in [0.2, 0.25) is 0 Å². The second kappa shape index (κ2) is 5.99. The highest BCUT2D eigenvalue weighted by molar-refractivity contribution is 6.01. The van der Waals surface area contributed by atoms with Crippen molar-refractivity contribution in [2.45, 2.75) is 5.72 Å². The first-order valence-corrected chi connectivity index (χ1v) is 7.35. The van der Waals surface area contributed by atoms with Gasteiger partial charge in [-0.05, 0) is 6.07 Å². The van der Waals surface area contributed by atoms with E-state index in [0.717, 1.165) is 4.90 Å². The van der Waals surface area contributed by atoms with Gasteiger partial charge in [0.15, 0.2) is 5.72 Å². The number of nitrogens with zero attached hydrogens (tertiary/aromatic N) is 2. The molecule has 0 bridgehead atoms. The number of amides is 1. The molecule has 128 valence electrons. The van der Waals surface area contributed by atoms with E-state index >= 15 is 0 Å². The van der Waals surface area contributed by atoms with Crippen molar-refractivity contribution in [2.75, 3.05) is 13.7 Å². The number of hydrogen-bond acceptors (Lipinski definition) is 6. The van der Waals surface area contributed by atoms with Gasteiger partial charge in [0.1, 0.15) is 6.54 Å². The summed E-state index contributed by atoms with van der Waals surface area (Å²) in [4.78, 5) is 35.8. The maximum atomic E-state index is 12.7. The lowest BCUT2D eigenvalue weighted by atomic mass is 9.93. The number of carbonyl (C=O) groups is 2. The summed E-state index contributed by atoms with van der Waals surface area (Å²) in [5.74, 6) is -1.28. The fraction of sp³-hybridized carbons (Fsp3) is 0.176. The van der Waals surface area contributed by atoms with Crippen LogP contribution in [0.3, 0.4) is 0 Å². The molecular weight excluding hydrogens is 328 g/mol. The molecule has 1 aliphatic rings. The smallest absolute Gasteiger partial charge is 0.325 e. The summed E-state index contributed by atoms with van der Waals surface area (Å²) >= 11 is 0. The summed E-state index contributed by atoms with van der Waals surface area (Å²) in [6.45, 7) is -0.497. The topological polar surface area (TPSA) is 110 Å². The SMILES string of the molecule is COC(=O)CN1C(=O)c2ccccc2[C@@]1(O)c1cccc([N+](=O)[O-])c1. The highest BCUT2D eigenvalue weighted by atomic mass is 16.6. The normalized spacial score (nSPS) is 18.8. The van der Waals surface area contributed by atoms with Crippen molar-refractivity contribution in [3.05, 3.63) is 75.3 Å². The lowest BCUT2D eigenvalue weighted by Gasteiger charge is -2.33. The molecule has 0 aromatic heterocycles. The third-order valence-electron chi connectivity index (χ3n) is 4.14. The Balaban J connectivity index is 2.20. The quantitative estimate of drug-likeness (QED) is 0.511. The van der Waals surface area contributed by atoms with Gasteiger partial charge in [0.25, 0.3) is 11.6 Å². The van der Waals surface area contributed by atoms with Crippen LogP contribution in [-0.4, -0.2) is 40.5 Å². The monoisotopic (exact) mass is 342 g/mol. The fourth-order valence-corrected chi connectivity index (χ4v) is 2.94. The Labute approximate surface area is 142 Å². The first-order valence-electron chi connectivity index (χ1n) is 7.35. The number of esters is 1. The van der Waals surface area contributed by atoms with Gasteiger partial charge < -0.3 is 9.84 Å². The van der Waals surface area contributed by atoms with Gasteiger partial charge in [0.05, 0.1) is 12.0 Å². The highest BCUT2D eigenvalue weighted by Crippen LogP contribution is 2.42. The van der Waals surface area contributed by atoms with Crippen LogP contribution in [0.15, 0.2) is 48.5 Å². The minimum Gasteiger partial charge on any atom is -0.468 e. The molecule has 1 atom stereocenters. The maximum absolute atomic E-state index is 12.7. The standard InChI is InChI=1S/C17H14N2O6/c1-25-15(20)10-18-16(21)13-7-2-3-8-14(13)17(18,22)11-5-4-6-12(9-11)19(23)24/h2-9,22H,10H2,1H3/t17-/m0/s1. The van der Waals surface area contributed by atoms with E-state index < -0.39 is 29.1 Å². The van der Waals surface area contributed by atoms with E-state index in [0.29, 0.717) is 0 Å². The number of non-ortho nitro benzene ring substituents is 1. The van der Waals surface area contributed by atoms with Crippen molar-refractivity contribution in [3.8, 4) is 0 Å². The van der Waals surface area contributed by atoms with Crippen LogP contribution in [0, 0.1) is 10.1 Å². The van der Waals surface area contributed by atoms with E-state index in [-0.39, 0.29) is 22.4 Å². The van der Waals surface area contributed by atoms with Crippen molar-refractivity contribution in [3.63, 3.8) is 0 Å². The molecule has 0 radical (unpaired) electrons. The first-order chi connectivity index (χ1) is 11.9. The molecule has 8 nitrogen and oxygen atoms in total. The van der Waals surface area contributed by atoms with Crippen LogP contribution in [-0.2, 0) is 15.3 Å². The Hall–Kier alpha value is -3.26. The zero-order valence-corrected chi connectivity index (χ0v) is 13.2. The predicted molar refractivity (Wildman–Crippen MR) is 85.6 cm³/mol. The fourth-order valence-electron chi connectivity index (χ4n) is 2.94. The van der Waals surface area contributed by atoms with Crippen molar-refractivity contribution in [2.24, 2.45) is 0 Å². The van der Waals surface area contributed by atoms with E-state index in [2.05, 4.69) is 4.74 Å². The third-order valence-corrected chi connectivity index (χ3v) is 4.14. The Morgan fingerprint density at radius 2 is 2.00 bits per heavy atom. The largest absolute Gasteiger partial charge is 0.468 e. The minimum atomic E-state index is -2.01. The zero-order valence-electron chi connectivity index (χ0n) is 13.2. The second-order valence-electron chi connectivity index (χ2n) is 5.49. The molecule has 0 saturated carbocycles. The Kier molecular flexibility index (Phi) is 3.97. The number of rotatable bonds is 4. The van der Waals surface area contributed by atoms with Gasteiger partial charge in [-0.3, -0.25) is 24.6 Å². The predicted octanol–water partition coefficient (Wildman–Crippen LogP) is 1.42. The van der Waals surface area contributed by atoms with E-state index in [9.17, 15) is 24.8 Å². The molecule has 0 saturated heterocycles. The van der Waals surface area contributed by atoms with Crippen molar-refractivity contribution >= 4 is 17.6 Å². The van der Waals surface area contributed by atoms with E-state index in [4.69, 9.17) is 0 Å². The molecule has 1 heterocycles. The van der Waals surface area contributed by atoms with Gasteiger partial charge in [-0.2, -0.15) is 0 Å². The lowest BCUT2D eigenvalue weighted by molar-refractivity contribution is -0.385. The summed E-state index contributed by atoms with van der Waals surface area (Å²) < 4.78 is 4.60. The third kappa shape index (κ3) is 2.52. The number of aliphatic hydroxyl groups is 1. The number of ether oxygens (including phenoxy) is 1. The molecule has 0 spiro atoms. The summed E-state index contributed by atoms with van der Waals surface area (Å²) in [6, 6.07) is 11.7. The number of methoxy groups -OCH3 is 1. The van der Waals surface area contributed by atoms with Crippen molar-refractivity contribution in [1.29, 1.82) is 0 Å². The molecule has 25 heavy (non-hydrogen) atoms. The summed E-state index contributed by atoms with van der Waals surface area (Å²) in [5.41, 5.74) is -1.65. The van der Waals surface area contributed by atoms with Gasteiger partial charge >= 0.3 is 5.97 Å². The van der Waals surface area contributed by atoms with Crippen LogP contribution in [0.4, 0.5) is 5.69 Å². The van der Waals surface area contributed by atoms with Crippen LogP contribution < -0.4 is 0 Å². The average Bonchev–Trinajstić information content (AvgIpc) is 2.85. The molecule has 2 aromatic rings. The van der Waals surface area contributed by atoms with Crippen molar-refractivity contribution < 1.29 is 24.4 Å². The number of hydrogen-bond donors (Lipinski definition) is 1. The number of nitro benzene ring substituents is 1. The highest BCUT2D eigenvalue weighted by Gasteiger charge is 2.50. The minimum absolute atomic E-state index is 0.115. The molecule has 1 aliphatic heterocycles. The van der Waals surface area contributed by atoms with E-state index in [1.807, 2.05) is 0 Å². The van der Waals surface area contributed by atoms with Crippen LogP contribution in [0.1, 0.15) is 21.5 Å². The Morgan fingerprint density at radius 3 is 2.68 bits per heavy atom. The molecule has 1 N–H and O–H groups in total. The summed E-state index contributed by atoms with van der Waals surface area (Å²) in [5, 5.41) is 22.4. The van der Waals surface area contributed by atoms with Gasteiger partial charge in [-0.1, -0.05) is 30.3 Å². The number of fused-ring (bicyclic) bond motifs is 1. The summed E-state index contributed by atoms with van der Waals surface area (Å²) in [7, 11) is 1.17. The molecule has 1 amide bonds. The number of carbonyl (C=O) groups excluding carboxylic acids is 2. The van der Waals surface area contributed by atoms with E-state index in [1.165, 1.54) is 37.4 Å².